The summed E-state index contributed by atoms with van der Waals surface area (Å²) in [6.45, 7) is 1.97. The van der Waals surface area contributed by atoms with Crippen LogP contribution in [-0.4, -0.2) is 24.9 Å². The molecule has 7 heteroatoms. The van der Waals surface area contributed by atoms with Gasteiger partial charge in [0.15, 0.2) is 11.0 Å². The third kappa shape index (κ3) is 2.43. The zero-order valence-electron chi connectivity index (χ0n) is 10.0. The monoisotopic (exact) mass is 282 g/mol. The third-order valence-corrected chi connectivity index (χ3v) is 4.60. The average Bonchev–Trinajstić information content (AvgIpc) is 2.99. The van der Waals surface area contributed by atoms with E-state index in [1.165, 1.54) is 0 Å². The highest BCUT2D eigenvalue weighted by molar-refractivity contribution is 7.98. The molecule has 2 aromatic rings. The van der Waals surface area contributed by atoms with Crippen LogP contribution in [0.1, 0.15) is 35.4 Å². The summed E-state index contributed by atoms with van der Waals surface area (Å²) in [6.07, 6.45) is 2.32. The fraction of sp³-hybridized carbons (Fsp3) is 0.545. The molecule has 0 aromatic carbocycles. The Morgan fingerprint density at radius 3 is 2.94 bits per heavy atom. The number of aromatic nitrogens is 4. The first kappa shape index (κ1) is 12.1. The molecule has 0 bridgehead atoms. The second-order valence-electron chi connectivity index (χ2n) is 4.30. The minimum atomic E-state index is -0.0418. The summed E-state index contributed by atoms with van der Waals surface area (Å²) in [5.41, 5.74) is 1.08. The van der Waals surface area contributed by atoms with Crippen LogP contribution in [0.4, 0.5) is 0 Å². The maximum absolute atomic E-state index is 9.25. The van der Waals surface area contributed by atoms with Crippen LogP contribution in [0.15, 0.2) is 10.5 Å². The van der Waals surface area contributed by atoms with Crippen molar-refractivity contribution >= 4 is 23.1 Å². The molecule has 1 fully saturated rings. The molecule has 0 unspecified atom stereocenters. The van der Waals surface area contributed by atoms with E-state index in [4.69, 9.17) is 0 Å². The Labute approximate surface area is 113 Å². The zero-order chi connectivity index (χ0) is 12.5. The Kier molecular flexibility index (Phi) is 3.36. The smallest absolute Gasteiger partial charge is 0.191 e. The first-order valence-corrected chi connectivity index (χ1v) is 7.73. The Morgan fingerprint density at radius 1 is 1.50 bits per heavy atom. The highest BCUT2D eigenvalue weighted by Gasteiger charge is 2.29. The minimum absolute atomic E-state index is 0.0418. The summed E-state index contributed by atoms with van der Waals surface area (Å²) >= 11 is 3.31. The quantitative estimate of drug-likeness (QED) is 0.851. The molecule has 3 rings (SSSR count). The van der Waals surface area contributed by atoms with E-state index in [-0.39, 0.29) is 6.61 Å². The van der Waals surface area contributed by atoms with Gasteiger partial charge in [-0.15, -0.1) is 21.5 Å². The van der Waals surface area contributed by atoms with Crippen LogP contribution >= 0.6 is 23.1 Å². The van der Waals surface area contributed by atoms with Gasteiger partial charge in [-0.2, -0.15) is 0 Å². The van der Waals surface area contributed by atoms with Crippen LogP contribution in [0.3, 0.4) is 0 Å². The second-order valence-corrected chi connectivity index (χ2v) is 6.31. The van der Waals surface area contributed by atoms with Crippen LogP contribution in [0.2, 0.25) is 0 Å². The van der Waals surface area contributed by atoms with E-state index < -0.39 is 0 Å². The van der Waals surface area contributed by atoms with Crippen LogP contribution in [-0.2, 0) is 12.4 Å². The van der Waals surface area contributed by atoms with Crippen molar-refractivity contribution in [2.75, 3.05) is 0 Å². The molecule has 0 saturated heterocycles. The highest BCUT2D eigenvalue weighted by atomic mass is 32.2. The van der Waals surface area contributed by atoms with Crippen molar-refractivity contribution in [2.45, 2.75) is 43.3 Å². The van der Waals surface area contributed by atoms with Gasteiger partial charge in [-0.25, -0.2) is 4.98 Å². The van der Waals surface area contributed by atoms with E-state index in [0.717, 1.165) is 34.5 Å². The molecule has 2 heterocycles. The van der Waals surface area contributed by atoms with E-state index >= 15 is 0 Å². The summed E-state index contributed by atoms with van der Waals surface area (Å²) in [4.78, 5) is 4.43. The van der Waals surface area contributed by atoms with E-state index in [1.807, 2.05) is 6.92 Å². The molecule has 18 heavy (non-hydrogen) atoms. The topological polar surface area (TPSA) is 63.8 Å². The SMILES string of the molecule is Cc1nc(CSc2nnc(CO)n2C2CC2)cs1. The van der Waals surface area contributed by atoms with Crippen molar-refractivity contribution in [1.82, 2.24) is 19.7 Å². The number of rotatable bonds is 5. The number of aryl methyl sites for hydroxylation is 1. The van der Waals surface area contributed by atoms with E-state index in [0.29, 0.717) is 11.9 Å². The lowest BCUT2D eigenvalue weighted by Crippen LogP contribution is -2.02. The molecular weight excluding hydrogens is 268 g/mol. The van der Waals surface area contributed by atoms with E-state index in [2.05, 4.69) is 25.1 Å². The average molecular weight is 282 g/mol. The van der Waals surface area contributed by atoms with Gasteiger partial charge in [0.2, 0.25) is 0 Å². The Balaban J connectivity index is 1.74. The summed E-state index contributed by atoms with van der Waals surface area (Å²) in [5.74, 6) is 1.48. The highest BCUT2D eigenvalue weighted by Crippen LogP contribution is 2.39. The summed E-state index contributed by atoms with van der Waals surface area (Å²) in [5, 5.41) is 21.5. The van der Waals surface area contributed by atoms with Gasteiger partial charge < -0.3 is 9.67 Å². The summed E-state index contributed by atoms with van der Waals surface area (Å²) in [7, 11) is 0. The molecule has 1 N–H and O–H groups in total. The van der Waals surface area contributed by atoms with E-state index in [9.17, 15) is 5.11 Å². The first-order valence-electron chi connectivity index (χ1n) is 5.86. The Morgan fingerprint density at radius 2 is 2.33 bits per heavy atom. The lowest BCUT2D eigenvalue weighted by molar-refractivity contribution is 0.263. The summed E-state index contributed by atoms with van der Waals surface area (Å²) < 4.78 is 2.07. The molecule has 1 aliphatic carbocycles. The molecule has 1 aliphatic rings. The van der Waals surface area contributed by atoms with E-state index in [1.54, 1.807) is 23.1 Å². The summed E-state index contributed by atoms with van der Waals surface area (Å²) in [6, 6.07) is 0.488. The Bertz CT molecular complexity index is 547. The maximum atomic E-state index is 9.25. The largest absolute Gasteiger partial charge is 0.388 e. The first-order chi connectivity index (χ1) is 8.78. The normalized spacial score (nSPS) is 15.2. The van der Waals surface area contributed by atoms with Crippen LogP contribution in [0.5, 0.6) is 0 Å². The van der Waals surface area contributed by atoms with Gasteiger partial charge in [-0.3, -0.25) is 0 Å². The molecule has 0 radical (unpaired) electrons. The van der Waals surface area contributed by atoms with Crippen molar-refractivity contribution in [2.24, 2.45) is 0 Å². The van der Waals surface area contributed by atoms with Gasteiger partial charge in [0.25, 0.3) is 0 Å². The molecule has 96 valence electrons. The number of nitrogens with zero attached hydrogens (tertiary/aromatic N) is 4. The number of aliphatic hydroxyl groups excluding tert-OH is 1. The molecule has 0 atom stereocenters. The van der Waals surface area contributed by atoms with Gasteiger partial charge >= 0.3 is 0 Å². The number of hydrogen-bond donors (Lipinski definition) is 1. The molecule has 5 nitrogen and oxygen atoms in total. The predicted octanol–water partition coefficient (Wildman–Crippen LogP) is 2.16. The third-order valence-electron chi connectivity index (χ3n) is 2.80. The number of aliphatic hydroxyl groups is 1. The van der Waals surface area contributed by atoms with Gasteiger partial charge in [0.05, 0.1) is 10.7 Å². The number of hydrogen-bond acceptors (Lipinski definition) is 6. The number of thioether (sulfide) groups is 1. The molecule has 0 amide bonds. The van der Waals surface area contributed by atoms with Gasteiger partial charge in [0.1, 0.15) is 6.61 Å². The van der Waals surface area contributed by atoms with Crippen molar-refractivity contribution < 1.29 is 5.11 Å². The van der Waals surface area contributed by atoms with Crippen molar-refractivity contribution in [1.29, 1.82) is 0 Å². The van der Waals surface area contributed by atoms with Crippen LogP contribution in [0, 0.1) is 6.92 Å². The molecule has 0 spiro atoms. The zero-order valence-corrected chi connectivity index (χ0v) is 11.7. The van der Waals surface area contributed by atoms with Crippen molar-refractivity contribution in [3.8, 4) is 0 Å². The fourth-order valence-electron chi connectivity index (χ4n) is 1.83. The number of thiazole rings is 1. The minimum Gasteiger partial charge on any atom is -0.388 e. The van der Waals surface area contributed by atoms with Gasteiger partial charge in [-0.05, 0) is 19.8 Å². The van der Waals surface area contributed by atoms with Gasteiger partial charge in [0, 0.05) is 17.2 Å². The Hall–Kier alpha value is -0.920. The van der Waals surface area contributed by atoms with Crippen molar-refractivity contribution in [3.63, 3.8) is 0 Å². The molecular formula is C11H14N4OS2. The van der Waals surface area contributed by atoms with Crippen LogP contribution in [0.25, 0.3) is 0 Å². The maximum Gasteiger partial charge on any atom is 0.191 e. The lowest BCUT2D eigenvalue weighted by atomic mass is 10.6. The molecule has 2 aromatic heterocycles. The van der Waals surface area contributed by atoms with Gasteiger partial charge in [-0.1, -0.05) is 11.8 Å². The second kappa shape index (κ2) is 4.99. The van der Waals surface area contributed by atoms with Crippen LogP contribution < -0.4 is 0 Å². The predicted molar refractivity (Wildman–Crippen MR) is 70.6 cm³/mol. The fourth-order valence-corrected chi connectivity index (χ4v) is 3.46. The van der Waals surface area contributed by atoms with Crippen molar-refractivity contribution in [3.05, 3.63) is 21.9 Å². The standard InChI is InChI=1S/C11H14N4OS2/c1-7-12-8(5-17-7)6-18-11-14-13-10(4-16)15(11)9-2-3-9/h5,9,16H,2-4,6H2,1H3. The molecule has 0 aliphatic heterocycles. The molecule has 1 saturated carbocycles. The lowest BCUT2D eigenvalue weighted by Gasteiger charge is -2.06.